The number of pyridine rings is 1. The van der Waals surface area contributed by atoms with Crippen LogP contribution >= 0.6 is 0 Å². The van der Waals surface area contributed by atoms with Crippen LogP contribution in [0.3, 0.4) is 0 Å². The number of ether oxygens (including phenoxy) is 1. The van der Waals surface area contributed by atoms with Gasteiger partial charge in [-0.15, -0.1) is 0 Å². The number of nitrogens with zero attached hydrogens (tertiary/aromatic N) is 2. The molecular formula is C25H30N6O4. The molecule has 0 aliphatic heterocycles. The number of nitrogens with one attached hydrogen (secondary N) is 3. The van der Waals surface area contributed by atoms with Gasteiger partial charge in [0.1, 0.15) is 18.1 Å². The summed E-state index contributed by atoms with van der Waals surface area (Å²) in [6, 6.07) is 11.0. The van der Waals surface area contributed by atoms with Crippen LogP contribution in [0.4, 0.5) is 11.5 Å². The summed E-state index contributed by atoms with van der Waals surface area (Å²) in [5.41, 5.74) is 8.86. The number of amides is 2. The van der Waals surface area contributed by atoms with E-state index in [2.05, 4.69) is 16.0 Å². The van der Waals surface area contributed by atoms with Crippen LogP contribution in [0.25, 0.3) is 16.9 Å². The molecule has 3 aromatic rings. The summed E-state index contributed by atoms with van der Waals surface area (Å²) in [6.07, 6.45) is 5.26. The van der Waals surface area contributed by atoms with Gasteiger partial charge in [0, 0.05) is 36.5 Å². The monoisotopic (exact) mass is 478 g/mol. The summed E-state index contributed by atoms with van der Waals surface area (Å²) in [5, 5.41) is 8.95. The summed E-state index contributed by atoms with van der Waals surface area (Å²) >= 11 is 0. The number of carbonyl (C=O) groups excluding carboxylic acids is 3. The smallest absolute Gasteiger partial charge is 0.325 e. The molecular weight excluding hydrogens is 448 g/mol. The minimum atomic E-state index is -0.434. The Morgan fingerprint density at radius 3 is 2.49 bits per heavy atom. The standard InChI is InChI=1S/C25H30N6O4/c1-15(32)28-18-9-5-16(6-10-18)22-24(27-14-21(33)35-2)31-13-3-4-20(23(31)30-22)25(34)29-19-11-7-17(26)8-12-19/h3-6,9-10,13,17,19,27H,7-8,11-12,14,26H2,1-2H3,(H,28,32)(H,29,34). The number of hydrogen-bond acceptors (Lipinski definition) is 7. The van der Waals surface area contributed by atoms with Gasteiger partial charge in [0.2, 0.25) is 5.91 Å². The molecule has 0 bridgehead atoms. The number of nitrogens with two attached hydrogens (primary N) is 1. The Bertz CT molecular complexity index is 1230. The molecule has 1 aromatic carbocycles. The lowest BCUT2D eigenvalue weighted by molar-refractivity contribution is -0.138. The number of benzene rings is 1. The van der Waals surface area contributed by atoms with E-state index >= 15 is 0 Å². The molecule has 4 rings (SSSR count). The fraction of sp³-hybridized carbons (Fsp3) is 0.360. The quantitative estimate of drug-likeness (QED) is 0.383. The molecule has 0 atom stereocenters. The van der Waals surface area contributed by atoms with Crippen molar-refractivity contribution in [1.29, 1.82) is 0 Å². The van der Waals surface area contributed by atoms with Gasteiger partial charge in [0.15, 0.2) is 5.65 Å². The van der Waals surface area contributed by atoms with Gasteiger partial charge in [-0.1, -0.05) is 12.1 Å². The summed E-state index contributed by atoms with van der Waals surface area (Å²) in [4.78, 5) is 41.2. The lowest BCUT2D eigenvalue weighted by Crippen LogP contribution is -2.40. The van der Waals surface area contributed by atoms with E-state index in [0.29, 0.717) is 28.4 Å². The SMILES string of the molecule is COC(=O)CNc1c(-c2ccc(NC(C)=O)cc2)nc2c(C(=O)NC3CCC(N)CC3)cccn12. The first-order valence-corrected chi connectivity index (χ1v) is 11.6. The molecule has 5 N–H and O–H groups in total. The first kappa shape index (κ1) is 24.2. The first-order chi connectivity index (χ1) is 16.9. The number of imidazole rings is 1. The predicted octanol–water partition coefficient (Wildman–Crippen LogP) is 2.54. The minimum absolute atomic E-state index is 0.0694. The van der Waals surface area contributed by atoms with Gasteiger partial charge in [-0.2, -0.15) is 0 Å². The summed E-state index contributed by atoms with van der Waals surface area (Å²) in [5.74, 6) is -0.248. The van der Waals surface area contributed by atoms with E-state index < -0.39 is 5.97 Å². The maximum Gasteiger partial charge on any atom is 0.325 e. The number of hydrogen-bond donors (Lipinski definition) is 4. The van der Waals surface area contributed by atoms with E-state index in [-0.39, 0.29) is 30.4 Å². The highest BCUT2D eigenvalue weighted by Gasteiger charge is 2.24. The molecule has 10 nitrogen and oxygen atoms in total. The van der Waals surface area contributed by atoms with Gasteiger partial charge in [0.05, 0.1) is 12.7 Å². The van der Waals surface area contributed by atoms with Gasteiger partial charge in [-0.3, -0.25) is 18.8 Å². The van der Waals surface area contributed by atoms with Crippen LogP contribution in [0, 0.1) is 0 Å². The molecule has 0 radical (unpaired) electrons. The highest BCUT2D eigenvalue weighted by Crippen LogP contribution is 2.31. The topological polar surface area (TPSA) is 140 Å². The fourth-order valence-electron chi connectivity index (χ4n) is 4.28. The van der Waals surface area contributed by atoms with Crippen LogP contribution in [0.1, 0.15) is 43.0 Å². The molecule has 2 aromatic heterocycles. The van der Waals surface area contributed by atoms with E-state index in [0.717, 1.165) is 31.2 Å². The van der Waals surface area contributed by atoms with Gasteiger partial charge < -0.3 is 26.4 Å². The third-order valence-electron chi connectivity index (χ3n) is 6.11. The van der Waals surface area contributed by atoms with Gasteiger partial charge >= 0.3 is 5.97 Å². The summed E-state index contributed by atoms with van der Waals surface area (Å²) in [6.45, 7) is 1.37. The van der Waals surface area contributed by atoms with Gasteiger partial charge in [0.25, 0.3) is 5.91 Å². The third-order valence-corrected chi connectivity index (χ3v) is 6.11. The molecule has 10 heteroatoms. The average Bonchev–Trinajstić information content (AvgIpc) is 3.22. The van der Waals surface area contributed by atoms with Crippen molar-refractivity contribution in [2.24, 2.45) is 5.73 Å². The Labute approximate surface area is 203 Å². The zero-order chi connectivity index (χ0) is 24.9. The number of carbonyl (C=O) groups is 3. The Hall–Kier alpha value is -3.92. The van der Waals surface area contributed by atoms with Crippen LogP contribution in [-0.4, -0.2) is 52.9 Å². The van der Waals surface area contributed by atoms with Crippen molar-refractivity contribution < 1.29 is 19.1 Å². The molecule has 0 saturated heterocycles. The molecule has 1 aliphatic carbocycles. The number of fused-ring (bicyclic) bond motifs is 1. The largest absolute Gasteiger partial charge is 0.468 e. The Balaban J connectivity index is 1.70. The Morgan fingerprint density at radius 2 is 1.83 bits per heavy atom. The van der Waals surface area contributed by atoms with Gasteiger partial charge in [-0.25, -0.2) is 4.98 Å². The molecule has 35 heavy (non-hydrogen) atoms. The summed E-state index contributed by atoms with van der Waals surface area (Å²) in [7, 11) is 1.32. The normalized spacial score (nSPS) is 17.6. The second-order valence-corrected chi connectivity index (χ2v) is 8.70. The van der Waals surface area contributed by atoms with Crippen LogP contribution in [0.5, 0.6) is 0 Å². The molecule has 0 unspecified atom stereocenters. The first-order valence-electron chi connectivity index (χ1n) is 11.6. The minimum Gasteiger partial charge on any atom is -0.468 e. The number of anilines is 2. The number of esters is 1. The molecule has 1 saturated carbocycles. The highest BCUT2D eigenvalue weighted by molar-refractivity contribution is 6.01. The second kappa shape index (κ2) is 10.6. The van der Waals surface area contributed by atoms with Gasteiger partial charge in [-0.05, 0) is 49.9 Å². The van der Waals surface area contributed by atoms with Crippen LogP contribution < -0.4 is 21.7 Å². The van der Waals surface area contributed by atoms with Crippen LogP contribution in [0.15, 0.2) is 42.6 Å². The van der Waals surface area contributed by atoms with Crippen LogP contribution in [0.2, 0.25) is 0 Å². The number of methoxy groups -OCH3 is 1. The molecule has 184 valence electrons. The third kappa shape index (κ3) is 5.60. The van der Waals surface area contributed by atoms with Crippen molar-refractivity contribution in [3.05, 3.63) is 48.2 Å². The van der Waals surface area contributed by atoms with E-state index in [9.17, 15) is 14.4 Å². The molecule has 0 spiro atoms. The average molecular weight is 479 g/mol. The number of aromatic nitrogens is 2. The van der Waals surface area contributed by atoms with E-state index in [1.807, 2.05) is 12.1 Å². The van der Waals surface area contributed by atoms with E-state index in [1.165, 1.54) is 14.0 Å². The Morgan fingerprint density at radius 1 is 1.11 bits per heavy atom. The molecule has 2 heterocycles. The zero-order valence-electron chi connectivity index (χ0n) is 19.8. The maximum absolute atomic E-state index is 13.2. The molecule has 1 aliphatic rings. The molecule has 1 fully saturated rings. The van der Waals surface area contributed by atoms with E-state index in [4.69, 9.17) is 15.5 Å². The van der Waals surface area contributed by atoms with Crippen molar-refractivity contribution in [3.8, 4) is 11.3 Å². The van der Waals surface area contributed by atoms with Crippen molar-refractivity contribution in [1.82, 2.24) is 14.7 Å². The highest BCUT2D eigenvalue weighted by atomic mass is 16.5. The van der Waals surface area contributed by atoms with Crippen LogP contribution in [-0.2, 0) is 14.3 Å². The van der Waals surface area contributed by atoms with Crippen molar-refractivity contribution >= 4 is 34.9 Å². The van der Waals surface area contributed by atoms with Crippen molar-refractivity contribution in [2.75, 3.05) is 24.3 Å². The molecule has 2 amide bonds. The maximum atomic E-state index is 13.2. The van der Waals surface area contributed by atoms with E-state index in [1.54, 1.807) is 34.9 Å². The predicted molar refractivity (Wildman–Crippen MR) is 133 cm³/mol. The van der Waals surface area contributed by atoms with Crippen molar-refractivity contribution in [3.63, 3.8) is 0 Å². The lowest BCUT2D eigenvalue weighted by Gasteiger charge is -2.26. The number of rotatable bonds is 7. The van der Waals surface area contributed by atoms with Crippen molar-refractivity contribution in [2.45, 2.75) is 44.7 Å². The lowest BCUT2D eigenvalue weighted by atomic mass is 9.91. The fourth-order valence-corrected chi connectivity index (χ4v) is 4.28. The summed E-state index contributed by atoms with van der Waals surface area (Å²) < 4.78 is 6.52. The Kier molecular flexibility index (Phi) is 7.31. The second-order valence-electron chi connectivity index (χ2n) is 8.70. The zero-order valence-corrected chi connectivity index (χ0v) is 19.8.